The van der Waals surface area contributed by atoms with Crippen molar-refractivity contribution in [1.29, 1.82) is 0 Å². The molecule has 0 radical (unpaired) electrons. The number of carbonyl (C=O) groups excluding carboxylic acids is 1. The van der Waals surface area contributed by atoms with E-state index in [2.05, 4.69) is 16.8 Å². The van der Waals surface area contributed by atoms with Gasteiger partial charge >= 0.3 is 0 Å². The number of ether oxygens (including phenoxy) is 2. The highest BCUT2D eigenvalue weighted by Crippen LogP contribution is 2.26. The molecule has 5 nitrogen and oxygen atoms in total. The second kappa shape index (κ2) is 9.81. The maximum atomic E-state index is 13.0. The van der Waals surface area contributed by atoms with Gasteiger partial charge in [0.15, 0.2) is 0 Å². The Hall–Kier alpha value is -0.980. The maximum Gasteiger partial charge on any atom is 0.228 e. The lowest BCUT2D eigenvalue weighted by Crippen LogP contribution is -2.50. The van der Waals surface area contributed by atoms with Crippen LogP contribution in [0.2, 0.25) is 0 Å². The van der Waals surface area contributed by atoms with Crippen LogP contribution in [-0.4, -0.2) is 54.8 Å². The molecule has 1 amide bonds. The van der Waals surface area contributed by atoms with Crippen LogP contribution in [0.3, 0.4) is 0 Å². The third kappa shape index (κ3) is 5.27. The number of aryl methyl sites for hydroxylation is 2. The van der Waals surface area contributed by atoms with E-state index in [0.29, 0.717) is 32.1 Å². The van der Waals surface area contributed by atoms with Crippen molar-refractivity contribution in [3.63, 3.8) is 0 Å². The van der Waals surface area contributed by atoms with E-state index in [1.165, 1.54) is 11.4 Å². The molecule has 3 rings (SSSR count). The standard InChI is InChI=1S/C20H32N2O3S/c1-3-4-5-19-21-15(2)18(26-19)13-20(23)22-8-11-25-14-17(22)12-16-6-9-24-10-7-16/h16-17H,3-14H2,1-2H3. The van der Waals surface area contributed by atoms with Crippen molar-refractivity contribution in [2.45, 2.75) is 64.8 Å². The first-order valence-electron chi connectivity index (χ1n) is 10.1. The van der Waals surface area contributed by atoms with Gasteiger partial charge in [0.05, 0.1) is 36.4 Å². The fourth-order valence-corrected chi connectivity index (χ4v) is 4.97. The highest BCUT2D eigenvalue weighted by atomic mass is 32.1. The van der Waals surface area contributed by atoms with Gasteiger partial charge in [0.2, 0.25) is 5.91 Å². The lowest BCUT2D eigenvalue weighted by Gasteiger charge is -2.38. The molecule has 26 heavy (non-hydrogen) atoms. The second-order valence-electron chi connectivity index (χ2n) is 7.50. The van der Waals surface area contributed by atoms with Gasteiger partial charge in [-0.2, -0.15) is 0 Å². The van der Waals surface area contributed by atoms with Crippen molar-refractivity contribution in [2.24, 2.45) is 5.92 Å². The van der Waals surface area contributed by atoms with E-state index in [1.807, 2.05) is 6.92 Å². The van der Waals surface area contributed by atoms with E-state index in [1.54, 1.807) is 11.3 Å². The second-order valence-corrected chi connectivity index (χ2v) is 8.67. The summed E-state index contributed by atoms with van der Waals surface area (Å²) >= 11 is 1.72. The third-order valence-electron chi connectivity index (χ3n) is 5.49. The van der Waals surface area contributed by atoms with Gasteiger partial charge < -0.3 is 14.4 Å². The van der Waals surface area contributed by atoms with E-state index in [0.717, 1.165) is 55.9 Å². The predicted molar refractivity (Wildman–Crippen MR) is 104 cm³/mol. The molecule has 0 bridgehead atoms. The van der Waals surface area contributed by atoms with E-state index in [9.17, 15) is 4.79 Å². The molecule has 3 heterocycles. The number of carbonyl (C=O) groups is 1. The van der Waals surface area contributed by atoms with Gasteiger partial charge in [0.25, 0.3) is 0 Å². The van der Waals surface area contributed by atoms with Crippen LogP contribution in [0.15, 0.2) is 0 Å². The van der Waals surface area contributed by atoms with Crippen LogP contribution in [0.1, 0.15) is 54.6 Å². The Morgan fingerprint density at radius 1 is 1.27 bits per heavy atom. The van der Waals surface area contributed by atoms with Crippen LogP contribution in [-0.2, 0) is 27.1 Å². The predicted octanol–water partition coefficient (Wildman–Crippen LogP) is 3.38. The number of amides is 1. The Morgan fingerprint density at radius 2 is 2.08 bits per heavy atom. The molecule has 2 saturated heterocycles. The minimum absolute atomic E-state index is 0.215. The Morgan fingerprint density at radius 3 is 2.85 bits per heavy atom. The third-order valence-corrected chi connectivity index (χ3v) is 6.70. The highest BCUT2D eigenvalue weighted by Gasteiger charge is 2.30. The summed E-state index contributed by atoms with van der Waals surface area (Å²) in [7, 11) is 0. The van der Waals surface area contributed by atoms with Crippen molar-refractivity contribution in [1.82, 2.24) is 9.88 Å². The highest BCUT2D eigenvalue weighted by molar-refractivity contribution is 7.11. The van der Waals surface area contributed by atoms with Crippen LogP contribution in [0.25, 0.3) is 0 Å². The van der Waals surface area contributed by atoms with Gasteiger partial charge in [-0.1, -0.05) is 13.3 Å². The Bertz CT molecular complexity index is 584. The molecule has 146 valence electrons. The van der Waals surface area contributed by atoms with Crippen LogP contribution >= 0.6 is 11.3 Å². The summed E-state index contributed by atoms with van der Waals surface area (Å²) in [4.78, 5) is 20.9. The molecule has 1 unspecified atom stereocenters. The Balaban J connectivity index is 1.60. The summed E-state index contributed by atoms with van der Waals surface area (Å²) in [6.07, 6.45) is 7.10. The first-order valence-corrected chi connectivity index (χ1v) is 10.9. The monoisotopic (exact) mass is 380 g/mol. The quantitative estimate of drug-likeness (QED) is 0.728. The molecule has 0 spiro atoms. The number of hydrogen-bond acceptors (Lipinski definition) is 5. The summed E-state index contributed by atoms with van der Waals surface area (Å²) in [5.74, 6) is 0.885. The average Bonchev–Trinajstić information content (AvgIpc) is 3.00. The van der Waals surface area contributed by atoms with Crippen molar-refractivity contribution >= 4 is 17.2 Å². The number of morpholine rings is 1. The summed E-state index contributed by atoms with van der Waals surface area (Å²) < 4.78 is 11.2. The van der Waals surface area contributed by atoms with Crippen LogP contribution in [0, 0.1) is 12.8 Å². The van der Waals surface area contributed by atoms with E-state index < -0.39 is 0 Å². The maximum absolute atomic E-state index is 13.0. The Labute approximate surface area is 161 Å². The molecular formula is C20H32N2O3S. The number of aromatic nitrogens is 1. The van der Waals surface area contributed by atoms with Gasteiger partial charge in [-0.15, -0.1) is 11.3 Å². The van der Waals surface area contributed by atoms with Crippen molar-refractivity contribution in [3.05, 3.63) is 15.6 Å². The topological polar surface area (TPSA) is 51.7 Å². The minimum Gasteiger partial charge on any atom is -0.381 e. The zero-order valence-corrected chi connectivity index (χ0v) is 17.0. The fourth-order valence-electron chi connectivity index (χ4n) is 3.87. The fraction of sp³-hybridized carbons (Fsp3) is 0.800. The first kappa shape index (κ1) is 19.8. The number of nitrogens with zero attached hydrogens (tertiary/aromatic N) is 2. The number of thiazole rings is 1. The minimum atomic E-state index is 0.215. The molecule has 1 atom stereocenters. The molecule has 2 fully saturated rings. The van der Waals surface area contributed by atoms with Crippen LogP contribution < -0.4 is 0 Å². The lowest BCUT2D eigenvalue weighted by atomic mass is 9.91. The number of hydrogen-bond donors (Lipinski definition) is 0. The summed E-state index contributed by atoms with van der Waals surface area (Å²) in [6.45, 7) is 7.98. The van der Waals surface area contributed by atoms with Gasteiger partial charge in [0.1, 0.15) is 0 Å². The summed E-state index contributed by atoms with van der Waals surface area (Å²) in [5, 5.41) is 1.17. The zero-order valence-electron chi connectivity index (χ0n) is 16.2. The van der Waals surface area contributed by atoms with Gasteiger partial charge in [-0.3, -0.25) is 4.79 Å². The number of unbranched alkanes of at least 4 members (excludes halogenated alkanes) is 1. The van der Waals surface area contributed by atoms with Gasteiger partial charge in [-0.05, 0) is 44.9 Å². The molecule has 2 aliphatic heterocycles. The zero-order chi connectivity index (χ0) is 18.4. The van der Waals surface area contributed by atoms with E-state index >= 15 is 0 Å². The molecule has 6 heteroatoms. The van der Waals surface area contributed by atoms with Gasteiger partial charge in [0, 0.05) is 24.6 Å². The average molecular weight is 381 g/mol. The normalized spacial score (nSPS) is 21.9. The van der Waals surface area contributed by atoms with E-state index in [-0.39, 0.29) is 11.9 Å². The Kier molecular flexibility index (Phi) is 7.46. The molecule has 0 aliphatic carbocycles. The molecular weight excluding hydrogens is 348 g/mol. The largest absolute Gasteiger partial charge is 0.381 e. The first-order chi connectivity index (χ1) is 12.7. The summed E-state index contributed by atoms with van der Waals surface area (Å²) in [5.41, 5.74) is 1.03. The van der Waals surface area contributed by atoms with Gasteiger partial charge in [-0.25, -0.2) is 4.98 Å². The molecule has 0 aromatic carbocycles. The van der Waals surface area contributed by atoms with Crippen LogP contribution in [0.4, 0.5) is 0 Å². The lowest BCUT2D eigenvalue weighted by molar-refractivity contribution is -0.140. The smallest absolute Gasteiger partial charge is 0.228 e. The molecule has 0 saturated carbocycles. The molecule has 2 aliphatic rings. The number of rotatable bonds is 7. The molecule has 1 aromatic heterocycles. The summed E-state index contributed by atoms with van der Waals surface area (Å²) in [6, 6.07) is 0.215. The van der Waals surface area contributed by atoms with E-state index in [4.69, 9.17) is 9.47 Å². The van der Waals surface area contributed by atoms with Crippen molar-refractivity contribution in [2.75, 3.05) is 33.0 Å². The molecule has 0 N–H and O–H groups in total. The molecule has 1 aromatic rings. The van der Waals surface area contributed by atoms with Crippen molar-refractivity contribution in [3.8, 4) is 0 Å². The SMILES string of the molecule is CCCCc1nc(C)c(CC(=O)N2CCOCC2CC2CCOCC2)s1. The van der Waals surface area contributed by atoms with Crippen LogP contribution in [0.5, 0.6) is 0 Å². The van der Waals surface area contributed by atoms with Crippen molar-refractivity contribution < 1.29 is 14.3 Å².